The molecule has 0 spiro atoms. The van der Waals surface area contributed by atoms with Gasteiger partial charge in [-0.15, -0.1) is 0 Å². The standard InChI is InChI=1S/C25H29N3O4S/c29-24-8-3-11-27(24)18-19-4-1-7-22(16-19)25(30)26-12-14-28(15-13-26)33(31,32)23-10-9-20-5-2-6-21(20)17-23/h1,4,7,9-10,16-17H,2-3,5-6,8,11-15,18H2. The van der Waals surface area contributed by atoms with Gasteiger partial charge in [0.25, 0.3) is 5.91 Å². The molecule has 2 heterocycles. The molecule has 2 aliphatic heterocycles. The summed E-state index contributed by atoms with van der Waals surface area (Å²) in [5.41, 5.74) is 3.91. The van der Waals surface area contributed by atoms with Crippen LogP contribution in [0.1, 0.15) is 46.3 Å². The van der Waals surface area contributed by atoms with Gasteiger partial charge >= 0.3 is 0 Å². The van der Waals surface area contributed by atoms with E-state index in [9.17, 15) is 18.0 Å². The van der Waals surface area contributed by atoms with Crippen molar-refractivity contribution < 1.29 is 18.0 Å². The molecule has 0 aromatic heterocycles. The number of rotatable bonds is 5. The zero-order valence-electron chi connectivity index (χ0n) is 18.7. The summed E-state index contributed by atoms with van der Waals surface area (Å²) >= 11 is 0. The Labute approximate surface area is 195 Å². The van der Waals surface area contributed by atoms with Crippen LogP contribution in [-0.2, 0) is 34.2 Å². The monoisotopic (exact) mass is 467 g/mol. The minimum atomic E-state index is -3.56. The van der Waals surface area contributed by atoms with Crippen LogP contribution in [0, 0.1) is 0 Å². The smallest absolute Gasteiger partial charge is 0.253 e. The average Bonchev–Trinajstić information content (AvgIpc) is 3.47. The zero-order chi connectivity index (χ0) is 23.0. The average molecular weight is 468 g/mol. The molecule has 0 saturated carbocycles. The van der Waals surface area contributed by atoms with Crippen LogP contribution in [-0.4, -0.2) is 67.1 Å². The summed E-state index contributed by atoms with van der Waals surface area (Å²) in [5, 5.41) is 0. The first-order chi connectivity index (χ1) is 15.9. The van der Waals surface area contributed by atoms with Gasteiger partial charge in [0.05, 0.1) is 4.90 Å². The number of likely N-dealkylation sites (tertiary alicyclic amines) is 1. The molecule has 2 aromatic carbocycles. The summed E-state index contributed by atoms with van der Waals surface area (Å²) in [7, 11) is -3.56. The van der Waals surface area contributed by atoms with Crippen molar-refractivity contribution in [1.29, 1.82) is 0 Å². The highest BCUT2D eigenvalue weighted by Crippen LogP contribution is 2.27. The number of hydrogen-bond donors (Lipinski definition) is 0. The molecule has 8 heteroatoms. The molecule has 0 unspecified atom stereocenters. The van der Waals surface area contributed by atoms with E-state index in [4.69, 9.17) is 0 Å². The van der Waals surface area contributed by atoms with Gasteiger partial charge in [-0.2, -0.15) is 4.31 Å². The zero-order valence-corrected chi connectivity index (χ0v) is 19.5. The second-order valence-electron chi connectivity index (χ2n) is 9.10. The van der Waals surface area contributed by atoms with E-state index < -0.39 is 10.0 Å². The van der Waals surface area contributed by atoms with Crippen LogP contribution in [0.15, 0.2) is 47.4 Å². The number of nitrogens with zero attached hydrogens (tertiary/aromatic N) is 3. The van der Waals surface area contributed by atoms with Gasteiger partial charge in [-0.25, -0.2) is 8.42 Å². The number of fused-ring (bicyclic) bond motifs is 1. The SMILES string of the molecule is O=C1CCCN1Cc1cccc(C(=O)N2CCN(S(=O)(=O)c3ccc4c(c3)CCC4)CC2)c1. The van der Waals surface area contributed by atoms with Gasteiger partial charge in [-0.05, 0) is 66.6 Å². The third-order valence-corrected chi connectivity index (χ3v) is 8.85. The first kappa shape index (κ1) is 22.1. The summed E-state index contributed by atoms with van der Waals surface area (Å²) in [4.78, 5) is 28.9. The number of amides is 2. The van der Waals surface area contributed by atoms with Crippen molar-refractivity contribution in [2.45, 2.75) is 43.5 Å². The van der Waals surface area contributed by atoms with Crippen LogP contribution in [0.3, 0.4) is 0 Å². The second-order valence-corrected chi connectivity index (χ2v) is 11.0. The van der Waals surface area contributed by atoms with E-state index in [0.717, 1.165) is 43.4 Å². The highest BCUT2D eigenvalue weighted by Gasteiger charge is 2.31. The first-order valence-corrected chi connectivity index (χ1v) is 13.1. The maximum absolute atomic E-state index is 13.2. The molecule has 2 amide bonds. The van der Waals surface area contributed by atoms with Crippen molar-refractivity contribution >= 4 is 21.8 Å². The summed E-state index contributed by atoms with van der Waals surface area (Å²) < 4.78 is 27.8. The molecule has 2 saturated heterocycles. The normalized spacial score (nSPS) is 19.2. The van der Waals surface area contributed by atoms with Gasteiger partial charge in [-0.1, -0.05) is 18.2 Å². The summed E-state index contributed by atoms with van der Waals surface area (Å²) in [6.07, 6.45) is 4.51. The van der Waals surface area contributed by atoms with Gasteiger partial charge in [0.15, 0.2) is 0 Å². The highest BCUT2D eigenvalue weighted by molar-refractivity contribution is 7.89. The van der Waals surface area contributed by atoms with Crippen molar-refractivity contribution in [3.05, 3.63) is 64.7 Å². The number of piperazine rings is 1. The molecule has 7 nitrogen and oxygen atoms in total. The fourth-order valence-electron chi connectivity index (χ4n) is 5.07. The van der Waals surface area contributed by atoms with Crippen LogP contribution in [0.2, 0.25) is 0 Å². The Morgan fingerprint density at radius 2 is 1.64 bits per heavy atom. The van der Waals surface area contributed by atoms with E-state index in [2.05, 4.69) is 0 Å². The Balaban J connectivity index is 1.23. The Bertz CT molecular complexity index is 1190. The van der Waals surface area contributed by atoms with Gasteiger partial charge < -0.3 is 9.80 Å². The molecule has 33 heavy (non-hydrogen) atoms. The summed E-state index contributed by atoms with van der Waals surface area (Å²) in [6, 6.07) is 12.9. The molecule has 0 atom stereocenters. The fraction of sp³-hybridized carbons (Fsp3) is 0.440. The Kier molecular flexibility index (Phi) is 5.97. The van der Waals surface area contributed by atoms with Gasteiger partial charge in [0.2, 0.25) is 15.9 Å². The topological polar surface area (TPSA) is 78.0 Å². The van der Waals surface area contributed by atoms with Gasteiger partial charge in [0.1, 0.15) is 0 Å². The minimum absolute atomic E-state index is 0.0980. The van der Waals surface area contributed by atoms with Crippen LogP contribution in [0.25, 0.3) is 0 Å². The van der Waals surface area contributed by atoms with E-state index in [1.807, 2.05) is 35.2 Å². The Morgan fingerprint density at radius 3 is 2.39 bits per heavy atom. The summed E-state index contributed by atoms with van der Waals surface area (Å²) in [6.45, 7) is 2.57. The number of carbonyl (C=O) groups is 2. The van der Waals surface area contributed by atoms with Gasteiger partial charge in [-0.3, -0.25) is 9.59 Å². The molecule has 1 aliphatic carbocycles. The molecular weight excluding hydrogens is 438 g/mol. The van der Waals surface area contributed by atoms with E-state index in [1.165, 1.54) is 9.87 Å². The molecule has 174 valence electrons. The molecule has 0 bridgehead atoms. The molecular formula is C25H29N3O4S. The molecule has 3 aliphatic rings. The largest absolute Gasteiger partial charge is 0.338 e. The van der Waals surface area contributed by atoms with Crippen molar-refractivity contribution in [2.24, 2.45) is 0 Å². The molecule has 2 fully saturated rings. The number of benzene rings is 2. The number of sulfonamides is 1. The molecule has 2 aromatic rings. The maximum atomic E-state index is 13.2. The van der Waals surface area contributed by atoms with Crippen LogP contribution < -0.4 is 0 Å². The Hall–Kier alpha value is -2.71. The van der Waals surface area contributed by atoms with Crippen molar-refractivity contribution in [3.8, 4) is 0 Å². The third kappa shape index (κ3) is 4.42. The molecule has 5 rings (SSSR count). The van der Waals surface area contributed by atoms with Crippen LogP contribution >= 0.6 is 0 Å². The number of hydrogen-bond acceptors (Lipinski definition) is 4. The summed E-state index contributed by atoms with van der Waals surface area (Å²) in [5.74, 6) is 0.0617. The highest BCUT2D eigenvalue weighted by atomic mass is 32.2. The fourth-order valence-corrected chi connectivity index (χ4v) is 6.54. The van der Waals surface area contributed by atoms with Crippen molar-refractivity contribution in [1.82, 2.24) is 14.1 Å². The lowest BCUT2D eigenvalue weighted by atomic mass is 10.1. The van der Waals surface area contributed by atoms with Gasteiger partial charge in [0, 0.05) is 51.3 Å². The molecule has 0 radical (unpaired) electrons. The van der Waals surface area contributed by atoms with Crippen molar-refractivity contribution in [2.75, 3.05) is 32.7 Å². The predicted molar refractivity (Wildman–Crippen MR) is 124 cm³/mol. The lowest BCUT2D eigenvalue weighted by molar-refractivity contribution is -0.128. The van der Waals surface area contributed by atoms with E-state index in [0.29, 0.717) is 36.5 Å². The first-order valence-electron chi connectivity index (χ1n) is 11.7. The maximum Gasteiger partial charge on any atom is 0.253 e. The van der Waals surface area contributed by atoms with E-state index >= 15 is 0 Å². The molecule has 0 N–H and O–H groups in total. The quantitative estimate of drug-likeness (QED) is 0.677. The lowest BCUT2D eigenvalue weighted by Gasteiger charge is -2.34. The number of carbonyl (C=O) groups excluding carboxylic acids is 2. The van der Waals surface area contributed by atoms with Crippen molar-refractivity contribution in [3.63, 3.8) is 0 Å². The lowest BCUT2D eigenvalue weighted by Crippen LogP contribution is -2.50. The minimum Gasteiger partial charge on any atom is -0.338 e. The predicted octanol–water partition coefficient (Wildman–Crippen LogP) is 2.44. The van der Waals surface area contributed by atoms with Crippen LogP contribution in [0.5, 0.6) is 0 Å². The van der Waals surface area contributed by atoms with E-state index in [1.54, 1.807) is 17.0 Å². The third-order valence-electron chi connectivity index (χ3n) is 6.95. The Morgan fingerprint density at radius 1 is 0.848 bits per heavy atom. The second kappa shape index (κ2) is 8.91. The van der Waals surface area contributed by atoms with E-state index in [-0.39, 0.29) is 24.9 Å². The van der Waals surface area contributed by atoms with Crippen LogP contribution in [0.4, 0.5) is 0 Å². The number of aryl methyl sites for hydroxylation is 2.